The first-order valence-corrected chi connectivity index (χ1v) is 8.68. The molecular weight excluding hydrogens is 340 g/mol. The molecule has 3 rings (SSSR count). The zero-order valence-corrected chi connectivity index (χ0v) is 14.8. The maximum absolute atomic E-state index is 12.2. The number of benzene rings is 2. The molecule has 1 heterocycles. The van der Waals surface area contributed by atoms with Crippen LogP contribution in [0.25, 0.3) is 0 Å². The summed E-state index contributed by atoms with van der Waals surface area (Å²) in [7, 11) is 0. The van der Waals surface area contributed by atoms with Gasteiger partial charge in [0, 0.05) is 29.2 Å². The van der Waals surface area contributed by atoms with E-state index < -0.39 is 0 Å². The normalized spacial score (nSPS) is 14.5. The van der Waals surface area contributed by atoms with Gasteiger partial charge in [-0.2, -0.15) is 0 Å². The Kier molecular flexibility index (Phi) is 5.79. The van der Waals surface area contributed by atoms with E-state index >= 15 is 0 Å². The fourth-order valence-electron chi connectivity index (χ4n) is 2.63. The third-order valence-electron chi connectivity index (χ3n) is 3.97. The molecule has 2 aromatic carbocycles. The van der Waals surface area contributed by atoms with Crippen molar-refractivity contribution in [2.24, 2.45) is 0 Å². The molecule has 1 aliphatic heterocycles. The lowest BCUT2D eigenvalue weighted by molar-refractivity contribution is -0.115. The summed E-state index contributed by atoms with van der Waals surface area (Å²) in [6.45, 7) is 3.41. The first kappa shape index (κ1) is 17.6. The van der Waals surface area contributed by atoms with Gasteiger partial charge in [0.05, 0.1) is 19.8 Å². The van der Waals surface area contributed by atoms with Crippen molar-refractivity contribution in [3.05, 3.63) is 53.1 Å². The maximum Gasteiger partial charge on any atom is 0.238 e. The lowest BCUT2D eigenvalue weighted by Gasteiger charge is -2.16. The molecule has 0 spiro atoms. The molecule has 132 valence electrons. The fraction of sp³-hybridized carbons (Fsp3) is 0.316. The van der Waals surface area contributed by atoms with Crippen LogP contribution < -0.4 is 20.1 Å². The van der Waals surface area contributed by atoms with Gasteiger partial charge in [-0.3, -0.25) is 4.79 Å². The first-order chi connectivity index (χ1) is 12.1. The zero-order chi connectivity index (χ0) is 17.6. The third kappa shape index (κ3) is 4.65. The number of halogens is 1. The molecule has 0 radical (unpaired) electrons. The Morgan fingerprint density at radius 2 is 1.92 bits per heavy atom. The van der Waals surface area contributed by atoms with Crippen molar-refractivity contribution >= 4 is 23.2 Å². The molecule has 5 nitrogen and oxygen atoms in total. The Balaban J connectivity index is 1.56. The summed E-state index contributed by atoms with van der Waals surface area (Å²) >= 11 is 6.18. The number of hydrogen-bond acceptors (Lipinski definition) is 4. The summed E-state index contributed by atoms with van der Waals surface area (Å²) in [6, 6.07) is 13.0. The summed E-state index contributed by atoms with van der Waals surface area (Å²) in [5.41, 5.74) is 1.65. The highest BCUT2D eigenvalue weighted by molar-refractivity contribution is 6.31. The van der Waals surface area contributed by atoms with E-state index in [1.54, 1.807) is 6.07 Å². The molecule has 0 aliphatic carbocycles. The predicted molar refractivity (Wildman–Crippen MR) is 98.5 cm³/mol. The molecule has 0 saturated carbocycles. The van der Waals surface area contributed by atoms with Crippen molar-refractivity contribution in [2.75, 3.05) is 25.1 Å². The van der Waals surface area contributed by atoms with Gasteiger partial charge in [0.1, 0.15) is 0 Å². The van der Waals surface area contributed by atoms with Crippen LogP contribution in [-0.2, 0) is 4.79 Å². The van der Waals surface area contributed by atoms with Gasteiger partial charge >= 0.3 is 0 Å². The van der Waals surface area contributed by atoms with Gasteiger partial charge in [-0.1, -0.05) is 29.8 Å². The minimum Gasteiger partial charge on any atom is -0.490 e. The van der Waals surface area contributed by atoms with Crippen LogP contribution in [0.5, 0.6) is 11.5 Å². The largest absolute Gasteiger partial charge is 0.490 e. The van der Waals surface area contributed by atoms with Gasteiger partial charge in [-0.25, -0.2) is 0 Å². The lowest BCUT2D eigenvalue weighted by atomic mass is 10.1. The van der Waals surface area contributed by atoms with Crippen LogP contribution >= 0.6 is 11.6 Å². The van der Waals surface area contributed by atoms with Gasteiger partial charge < -0.3 is 20.1 Å². The topological polar surface area (TPSA) is 59.6 Å². The molecule has 0 unspecified atom stereocenters. The lowest BCUT2D eigenvalue weighted by Crippen LogP contribution is -2.30. The summed E-state index contributed by atoms with van der Waals surface area (Å²) in [4.78, 5) is 12.2. The van der Waals surface area contributed by atoms with Crippen molar-refractivity contribution < 1.29 is 14.3 Å². The Labute approximate surface area is 152 Å². The molecule has 6 heteroatoms. The number of fused-ring (bicyclic) bond motifs is 1. The van der Waals surface area contributed by atoms with Crippen LogP contribution in [-0.4, -0.2) is 25.7 Å². The monoisotopic (exact) mass is 360 g/mol. The number of rotatable bonds is 5. The second-order valence-electron chi connectivity index (χ2n) is 5.88. The van der Waals surface area contributed by atoms with E-state index in [0.717, 1.165) is 12.0 Å². The molecule has 0 aromatic heterocycles. The second kappa shape index (κ2) is 8.23. The zero-order valence-electron chi connectivity index (χ0n) is 14.0. The molecule has 0 saturated heterocycles. The van der Waals surface area contributed by atoms with E-state index in [1.807, 2.05) is 43.3 Å². The Morgan fingerprint density at radius 1 is 1.16 bits per heavy atom. The first-order valence-electron chi connectivity index (χ1n) is 8.31. The minimum absolute atomic E-state index is 0.0248. The molecule has 0 fully saturated rings. The minimum atomic E-state index is -0.131. The van der Waals surface area contributed by atoms with E-state index in [0.29, 0.717) is 35.4 Å². The number of amides is 1. The van der Waals surface area contributed by atoms with Crippen molar-refractivity contribution in [2.45, 2.75) is 19.4 Å². The quantitative estimate of drug-likeness (QED) is 0.851. The Hall–Kier alpha value is -2.24. The summed E-state index contributed by atoms with van der Waals surface area (Å²) in [6.07, 6.45) is 0.847. The van der Waals surface area contributed by atoms with Crippen LogP contribution in [0.3, 0.4) is 0 Å². The van der Waals surface area contributed by atoms with Crippen LogP contribution in [0.1, 0.15) is 24.9 Å². The van der Waals surface area contributed by atoms with Crippen LogP contribution in [0.4, 0.5) is 5.69 Å². The number of hydrogen-bond donors (Lipinski definition) is 2. The number of ether oxygens (including phenoxy) is 2. The molecular formula is C19H21ClN2O3. The van der Waals surface area contributed by atoms with E-state index in [2.05, 4.69) is 10.6 Å². The standard InChI is InChI=1S/C19H21ClN2O3/c1-13(15-5-2-3-6-16(15)20)21-12-19(23)22-14-7-8-17-18(11-14)25-10-4-9-24-17/h2-3,5-8,11,13,21H,4,9-10,12H2,1H3,(H,22,23)/t13-/m1/s1. The average Bonchev–Trinajstić information content (AvgIpc) is 2.85. The van der Waals surface area contributed by atoms with Crippen LogP contribution in [0, 0.1) is 0 Å². The van der Waals surface area contributed by atoms with E-state index in [9.17, 15) is 4.79 Å². The molecule has 0 bridgehead atoms. The van der Waals surface area contributed by atoms with E-state index in [-0.39, 0.29) is 18.5 Å². The van der Waals surface area contributed by atoms with Gasteiger partial charge in [0.2, 0.25) is 5.91 Å². The SMILES string of the molecule is C[C@@H](NCC(=O)Nc1ccc2c(c1)OCCCO2)c1ccccc1Cl. The smallest absolute Gasteiger partial charge is 0.238 e. The van der Waals surface area contributed by atoms with Crippen LogP contribution in [0.2, 0.25) is 5.02 Å². The molecule has 2 N–H and O–H groups in total. The summed E-state index contributed by atoms with van der Waals surface area (Å²) < 4.78 is 11.2. The Bertz CT molecular complexity index is 751. The molecule has 25 heavy (non-hydrogen) atoms. The summed E-state index contributed by atoms with van der Waals surface area (Å²) in [5.74, 6) is 1.24. The van der Waals surface area contributed by atoms with Crippen molar-refractivity contribution in [3.63, 3.8) is 0 Å². The Morgan fingerprint density at radius 3 is 2.72 bits per heavy atom. The molecule has 1 amide bonds. The highest BCUT2D eigenvalue weighted by Crippen LogP contribution is 2.32. The number of nitrogens with one attached hydrogen (secondary N) is 2. The predicted octanol–water partition coefficient (Wildman–Crippen LogP) is 3.79. The maximum atomic E-state index is 12.2. The van der Waals surface area contributed by atoms with E-state index in [1.165, 1.54) is 0 Å². The van der Waals surface area contributed by atoms with Gasteiger partial charge in [-0.15, -0.1) is 0 Å². The van der Waals surface area contributed by atoms with Gasteiger partial charge in [-0.05, 0) is 30.7 Å². The highest BCUT2D eigenvalue weighted by Gasteiger charge is 2.13. The highest BCUT2D eigenvalue weighted by atomic mass is 35.5. The molecule has 1 aliphatic rings. The van der Waals surface area contributed by atoms with Crippen molar-refractivity contribution in [1.29, 1.82) is 0 Å². The van der Waals surface area contributed by atoms with Crippen molar-refractivity contribution in [1.82, 2.24) is 5.32 Å². The number of carbonyl (C=O) groups is 1. The molecule has 2 aromatic rings. The van der Waals surface area contributed by atoms with Gasteiger partial charge in [0.15, 0.2) is 11.5 Å². The second-order valence-corrected chi connectivity index (χ2v) is 6.29. The van der Waals surface area contributed by atoms with Gasteiger partial charge in [0.25, 0.3) is 0 Å². The summed E-state index contributed by atoms with van der Waals surface area (Å²) in [5, 5.41) is 6.73. The third-order valence-corrected chi connectivity index (χ3v) is 4.32. The van der Waals surface area contributed by atoms with Crippen LogP contribution in [0.15, 0.2) is 42.5 Å². The number of carbonyl (C=O) groups excluding carboxylic acids is 1. The molecule has 1 atom stereocenters. The fourth-order valence-corrected chi connectivity index (χ4v) is 2.93. The van der Waals surface area contributed by atoms with E-state index in [4.69, 9.17) is 21.1 Å². The average molecular weight is 361 g/mol. The number of anilines is 1. The van der Waals surface area contributed by atoms with Crippen molar-refractivity contribution in [3.8, 4) is 11.5 Å².